The number of fused-ring (bicyclic) bond motifs is 1. The Bertz CT molecular complexity index is 1540. The predicted molar refractivity (Wildman–Crippen MR) is 157 cm³/mol. The third-order valence-electron chi connectivity index (χ3n) is 5.44. The number of nitrogens with one attached hydrogen (secondary N) is 1. The Kier molecular flexibility index (Phi) is 8.93. The number of nitriles is 1. The summed E-state index contributed by atoms with van der Waals surface area (Å²) < 4.78 is 12.9. The van der Waals surface area contributed by atoms with E-state index in [0.29, 0.717) is 46.0 Å². The van der Waals surface area contributed by atoms with Gasteiger partial charge in [-0.05, 0) is 87.8 Å². The maximum absolute atomic E-state index is 12.8. The van der Waals surface area contributed by atoms with E-state index in [1.807, 2.05) is 43.3 Å². The molecule has 0 aliphatic carbocycles. The second kappa shape index (κ2) is 12.3. The minimum atomic E-state index is -0.601. The highest BCUT2D eigenvalue weighted by atomic mass is 127. The summed E-state index contributed by atoms with van der Waals surface area (Å²) in [6.45, 7) is 2.67. The number of amides is 1. The van der Waals surface area contributed by atoms with Crippen LogP contribution in [0.5, 0.6) is 11.5 Å². The van der Waals surface area contributed by atoms with Gasteiger partial charge in [0.25, 0.3) is 5.91 Å². The van der Waals surface area contributed by atoms with Gasteiger partial charge in [-0.25, -0.2) is 0 Å². The van der Waals surface area contributed by atoms with Crippen molar-refractivity contribution < 1.29 is 14.3 Å². The first kappa shape index (κ1) is 26.8. The smallest absolute Gasteiger partial charge is 0.266 e. The molecule has 1 N–H and O–H groups in total. The lowest BCUT2D eigenvalue weighted by atomic mass is 10.1. The van der Waals surface area contributed by atoms with Gasteiger partial charge in [-0.2, -0.15) is 5.26 Å². The van der Waals surface area contributed by atoms with Crippen LogP contribution in [0.2, 0.25) is 10.0 Å². The molecule has 186 valence electrons. The van der Waals surface area contributed by atoms with Gasteiger partial charge in [-0.1, -0.05) is 65.7 Å². The van der Waals surface area contributed by atoms with E-state index < -0.39 is 5.91 Å². The Morgan fingerprint density at radius 2 is 1.84 bits per heavy atom. The van der Waals surface area contributed by atoms with Crippen molar-refractivity contribution in [2.45, 2.75) is 13.5 Å². The van der Waals surface area contributed by atoms with Crippen molar-refractivity contribution in [2.75, 3.05) is 11.9 Å². The lowest BCUT2D eigenvalue weighted by Crippen LogP contribution is -2.13. The van der Waals surface area contributed by atoms with Gasteiger partial charge in [0.15, 0.2) is 11.5 Å². The van der Waals surface area contributed by atoms with E-state index in [9.17, 15) is 10.1 Å². The number of halogens is 3. The van der Waals surface area contributed by atoms with Gasteiger partial charge in [0.05, 0.1) is 20.9 Å². The van der Waals surface area contributed by atoms with Crippen molar-refractivity contribution in [3.8, 4) is 17.6 Å². The average molecular weight is 643 g/mol. The molecule has 0 radical (unpaired) electrons. The molecule has 5 nitrogen and oxygen atoms in total. The molecule has 4 rings (SSSR count). The maximum atomic E-state index is 12.8. The van der Waals surface area contributed by atoms with Crippen molar-refractivity contribution in [1.29, 1.82) is 5.26 Å². The number of hydrogen-bond donors (Lipinski definition) is 1. The van der Waals surface area contributed by atoms with Crippen molar-refractivity contribution in [3.05, 3.63) is 103 Å². The maximum Gasteiger partial charge on any atom is 0.266 e. The van der Waals surface area contributed by atoms with Crippen LogP contribution >= 0.6 is 45.8 Å². The fourth-order valence-corrected chi connectivity index (χ4v) is 4.86. The summed E-state index contributed by atoms with van der Waals surface area (Å²) in [6, 6.07) is 24.5. The van der Waals surface area contributed by atoms with Gasteiger partial charge in [0, 0.05) is 5.02 Å². The number of nitrogens with zero attached hydrogens (tertiary/aromatic N) is 1. The summed E-state index contributed by atoms with van der Waals surface area (Å²) in [7, 11) is 0. The van der Waals surface area contributed by atoms with E-state index >= 15 is 0 Å². The Morgan fingerprint density at radius 3 is 2.62 bits per heavy atom. The van der Waals surface area contributed by atoms with E-state index in [4.69, 9.17) is 32.7 Å². The number of rotatable bonds is 8. The SMILES string of the molecule is CCOc1cc(/C=C(/C#N)C(=O)Nc2cc(Cl)ccc2Cl)cc(I)c1OCc1cccc2ccccc12. The molecule has 0 aromatic heterocycles. The quantitative estimate of drug-likeness (QED) is 0.119. The first-order valence-corrected chi connectivity index (χ1v) is 13.2. The van der Waals surface area contributed by atoms with E-state index in [-0.39, 0.29) is 5.57 Å². The summed E-state index contributed by atoms with van der Waals surface area (Å²) in [6.07, 6.45) is 1.49. The van der Waals surface area contributed by atoms with Crippen LogP contribution in [0.15, 0.2) is 78.4 Å². The lowest BCUT2D eigenvalue weighted by molar-refractivity contribution is -0.112. The molecule has 0 bridgehead atoms. The van der Waals surface area contributed by atoms with Gasteiger partial charge in [0.2, 0.25) is 0 Å². The van der Waals surface area contributed by atoms with Crippen molar-refractivity contribution in [2.24, 2.45) is 0 Å². The largest absolute Gasteiger partial charge is 0.490 e. The Labute approximate surface area is 238 Å². The molecule has 0 fully saturated rings. The van der Waals surface area contributed by atoms with Crippen LogP contribution in [-0.2, 0) is 11.4 Å². The highest BCUT2D eigenvalue weighted by Gasteiger charge is 2.16. The molecule has 37 heavy (non-hydrogen) atoms. The predicted octanol–water partition coefficient (Wildman–Crippen LogP) is 8.27. The third kappa shape index (κ3) is 6.55. The van der Waals surface area contributed by atoms with E-state index in [2.05, 4.69) is 46.1 Å². The molecule has 0 atom stereocenters. The highest BCUT2D eigenvalue weighted by Crippen LogP contribution is 2.36. The summed E-state index contributed by atoms with van der Waals surface area (Å²) in [4.78, 5) is 12.8. The fraction of sp³-hybridized carbons (Fsp3) is 0.103. The zero-order valence-corrected chi connectivity index (χ0v) is 23.4. The number of carbonyl (C=O) groups excluding carboxylic acids is 1. The standard InChI is InChI=1S/C29H21Cl2IN2O3/c1-2-36-27-14-18(12-21(16-33)29(35)34-26-15-22(30)10-11-24(26)31)13-25(32)28(27)37-17-20-8-5-7-19-6-3-4-9-23(19)20/h3-15H,2,17H2,1H3,(H,34,35)/b21-12-. The molecule has 4 aromatic carbocycles. The molecule has 8 heteroatoms. The minimum Gasteiger partial charge on any atom is -0.490 e. The molecule has 0 unspecified atom stereocenters. The highest BCUT2D eigenvalue weighted by molar-refractivity contribution is 14.1. The summed E-state index contributed by atoms with van der Waals surface area (Å²) in [5, 5.41) is 15.3. The normalized spacial score (nSPS) is 11.2. The van der Waals surface area contributed by atoms with Crippen molar-refractivity contribution in [1.82, 2.24) is 0 Å². The Hall–Kier alpha value is -3.25. The Balaban J connectivity index is 1.60. The average Bonchev–Trinajstić information content (AvgIpc) is 2.89. The lowest BCUT2D eigenvalue weighted by Gasteiger charge is -2.16. The number of anilines is 1. The van der Waals surface area contributed by atoms with Crippen molar-refractivity contribution in [3.63, 3.8) is 0 Å². The number of benzene rings is 4. The van der Waals surface area contributed by atoms with Crippen LogP contribution in [0.4, 0.5) is 5.69 Å². The van der Waals surface area contributed by atoms with Crippen LogP contribution in [0.1, 0.15) is 18.1 Å². The van der Waals surface area contributed by atoms with Crippen LogP contribution < -0.4 is 14.8 Å². The molecule has 0 aliphatic heterocycles. The molecule has 0 spiro atoms. The van der Waals surface area contributed by atoms with Crippen molar-refractivity contribution >= 4 is 74.2 Å². The van der Waals surface area contributed by atoms with Crippen LogP contribution in [0.3, 0.4) is 0 Å². The van der Waals surface area contributed by atoms with Gasteiger partial charge in [-0.15, -0.1) is 0 Å². The van der Waals surface area contributed by atoms with Gasteiger partial charge >= 0.3 is 0 Å². The zero-order chi connectivity index (χ0) is 26.4. The molecule has 4 aromatic rings. The molecule has 0 heterocycles. The van der Waals surface area contributed by atoms with Gasteiger partial charge in [0.1, 0.15) is 18.2 Å². The molecular formula is C29H21Cl2IN2O3. The van der Waals surface area contributed by atoms with Gasteiger partial charge in [-0.3, -0.25) is 4.79 Å². The molecule has 0 saturated heterocycles. The topological polar surface area (TPSA) is 71.3 Å². The van der Waals surface area contributed by atoms with Gasteiger partial charge < -0.3 is 14.8 Å². The molecular weight excluding hydrogens is 622 g/mol. The first-order chi connectivity index (χ1) is 17.9. The number of hydrogen-bond acceptors (Lipinski definition) is 4. The fourth-order valence-electron chi connectivity index (χ4n) is 3.74. The second-order valence-corrected chi connectivity index (χ2v) is 9.94. The zero-order valence-electron chi connectivity index (χ0n) is 19.7. The van der Waals surface area contributed by atoms with E-state index in [0.717, 1.165) is 19.9 Å². The molecule has 0 saturated carbocycles. The van der Waals surface area contributed by atoms with Crippen LogP contribution in [0, 0.1) is 14.9 Å². The molecule has 1 amide bonds. The first-order valence-electron chi connectivity index (χ1n) is 11.3. The monoisotopic (exact) mass is 642 g/mol. The number of carbonyl (C=O) groups is 1. The third-order valence-corrected chi connectivity index (χ3v) is 6.80. The summed E-state index contributed by atoms with van der Waals surface area (Å²) >= 11 is 14.3. The van der Waals surface area contributed by atoms with Crippen LogP contribution in [0.25, 0.3) is 16.8 Å². The summed E-state index contributed by atoms with van der Waals surface area (Å²) in [5.74, 6) is 0.522. The molecule has 0 aliphatic rings. The second-order valence-electron chi connectivity index (χ2n) is 7.94. The van der Waals surface area contributed by atoms with Crippen LogP contribution in [-0.4, -0.2) is 12.5 Å². The minimum absolute atomic E-state index is 0.0984. The summed E-state index contributed by atoms with van der Waals surface area (Å²) in [5.41, 5.74) is 1.90. The van der Waals surface area contributed by atoms with E-state index in [1.54, 1.807) is 18.2 Å². The van der Waals surface area contributed by atoms with E-state index in [1.165, 1.54) is 12.1 Å². The number of ether oxygens (including phenoxy) is 2. The Morgan fingerprint density at radius 1 is 1.05 bits per heavy atom.